The van der Waals surface area contributed by atoms with Gasteiger partial charge < -0.3 is 10.1 Å². The summed E-state index contributed by atoms with van der Waals surface area (Å²) < 4.78 is 5.68. The van der Waals surface area contributed by atoms with Crippen LogP contribution >= 0.6 is 11.3 Å². The zero-order chi connectivity index (χ0) is 15.5. The van der Waals surface area contributed by atoms with Gasteiger partial charge in [0.2, 0.25) is 5.91 Å². The summed E-state index contributed by atoms with van der Waals surface area (Å²) in [6.07, 6.45) is 1.68. The fraction of sp³-hybridized carbons (Fsp3) is 0.412. The van der Waals surface area contributed by atoms with E-state index in [2.05, 4.69) is 17.2 Å². The second kappa shape index (κ2) is 6.48. The van der Waals surface area contributed by atoms with Gasteiger partial charge in [-0.1, -0.05) is 25.1 Å². The molecule has 116 valence electrons. The lowest BCUT2D eigenvalue weighted by atomic mass is 9.96. The Morgan fingerprint density at radius 3 is 3.05 bits per heavy atom. The van der Waals surface area contributed by atoms with Gasteiger partial charge in [0.15, 0.2) is 0 Å². The Kier molecular flexibility index (Phi) is 4.43. The van der Waals surface area contributed by atoms with Crippen LogP contribution in [0.25, 0.3) is 0 Å². The summed E-state index contributed by atoms with van der Waals surface area (Å²) in [6, 6.07) is 7.92. The molecule has 1 aromatic heterocycles. The maximum Gasteiger partial charge on any atom is 0.227 e. The number of carbonyl (C=O) groups is 1. The molecule has 5 heteroatoms. The Morgan fingerprint density at radius 2 is 2.27 bits per heavy atom. The van der Waals surface area contributed by atoms with Crippen LogP contribution in [0.4, 0.5) is 0 Å². The summed E-state index contributed by atoms with van der Waals surface area (Å²) in [5, 5.41) is 4.15. The highest BCUT2D eigenvalue weighted by Gasteiger charge is 2.25. The molecular weight excluding hydrogens is 296 g/mol. The number of nitrogens with zero attached hydrogens (tertiary/aromatic N) is 1. The van der Waals surface area contributed by atoms with Crippen molar-refractivity contribution in [2.24, 2.45) is 5.92 Å². The van der Waals surface area contributed by atoms with Crippen molar-refractivity contribution in [3.8, 4) is 5.75 Å². The average Bonchev–Trinajstić information content (AvgIpc) is 2.92. The monoisotopic (exact) mass is 316 g/mol. The third kappa shape index (κ3) is 3.14. The lowest BCUT2D eigenvalue weighted by Gasteiger charge is -2.24. The van der Waals surface area contributed by atoms with E-state index >= 15 is 0 Å². The molecule has 4 nitrogen and oxygen atoms in total. The number of rotatable bonds is 4. The SMILES string of the molecule is CCc1nc(C)c(CNC(=O)C2COc3ccccc3C2)s1. The molecule has 1 N–H and O–H groups in total. The summed E-state index contributed by atoms with van der Waals surface area (Å²) in [7, 11) is 0. The Hall–Kier alpha value is -1.88. The number of amides is 1. The largest absolute Gasteiger partial charge is 0.492 e. The first-order valence-electron chi connectivity index (χ1n) is 7.61. The molecule has 2 aromatic rings. The smallest absolute Gasteiger partial charge is 0.227 e. The van der Waals surface area contributed by atoms with E-state index in [4.69, 9.17) is 4.74 Å². The molecule has 22 heavy (non-hydrogen) atoms. The van der Waals surface area contributed by atoms with E-state index in [0.717, 1.165) is 39.7 Å². The molecule has 1 aliphatic rings. The molecule has 0 saturated heterocycles. The van der Waals surface area contributed by atoms with E-state index < -0.39 is 0 Å². The maximum absolute atomic E-state index is 12.4. The number of ether oxygens (including phenoxy) is 1. The van der Waals surface area contributed by atoms with Gasteiger partial charge in [0.1, 0.15) is 12.4 Å². The first kappa shape index (κ1) is 15.0. The van der Waals surface area contributed by atoms with Crippen molar-refractivity contribution in [3.05, 3.63) is 45.4 Å². The standard InChI is InChI=1S/C17H20N2O2S/c1-3-16-19-11(2)15(22-16)9-18-17(20)13-8-12-6-4-5-7-14(12)21-10-13/h4-7,13H,3,8-10H2,1-2H3,(H,18,20). The van der Waals surface area contributed by atoms with Gasteiger partial charge in [-0.25, -0.2) is 4.98 Å². The van der Waals surface area contributed by atoms with Crippen LogP contribution in [0, 0.1) is 12.8 Å². The molecule has 1 atom stereocenters. The van der Waals surface area contributed by atoms with Crippen LogP contribution in [0.2, 0.25) is 0 Å². The minimum absolute atomic E-state index is 0.0559. The quantitative estimate of drug-likeness (QED) is 0.943. The van der Waals surface area contributed by atoms with Crippen molar-refractivity contribution in [1.82, 2.24) is 10.3 Å². The van der Waals surface area contributed by atoms with Crippen molar-refractivity contribution < 1.29 is 9.53 Å². The van der Waals surface area contributed by atoms with Crippen LogP contribution in [0.15, 0.2) is 24.3 Å². The number of hydrogen-bond donors (Lipinski definition) is 1. The fourth-order valence-electron chi connectivity index (χ4n) is 2.61. The van der Waals surface area contributed by atoms with Gasteiger partial charge in [-0.05, 0) is 31.4 Å². The fourth-order valence-corrected chi connectivity index (χ4v) is 3.56. The van der Waals surface area contributed by atoms with Crippen molar-refractivity contribution in [2.75, 3.05) is 6.61 Å². The van der Waals surface area contributed by atoms with Crippen molar-refractivity contribution >= 4 is 17.2 Å². The van der Waals surface area contributed by atoms with E-state index in [-0.39, 0.29) is 11.8 Å². The number of para-hydroxylation sites is 1. The predicted octanol–water partition coefficient (Wildman–Crippen LogP) is 2.88. The molecule has 0 fully saturated rings. The number of hydrogen-bond acceptors (Lipinski definition) is 4. The van der Waals surface area contributed by atoms with E-state index in [1.54, 1.807) is 11.3 Å². The molecule has 0 radical (unpaired) electrons. The summed E-state index contributed by atoms with van der Waals surface area (Å²) in [5.74, 6) is 0.839. The molecule has 0 saturated carbocycles. The molecular formula is C17H20N2O2S. The number of aryl methyl sites for hydroxylation is 2. The second-order valence-corrected chi connectivity index (χ2v) is 6.68. The summed E-state index contributed by atoms with van der Waals surface area (Å²) >= 11 is 1.68. The lowest BCUT2D eigenvalue weighted by Crippen LogP contribution is -2.37. The number of carbonyl (C=O) groups excluding carboxylic acids is 1. The maximum atomic E-state index is 12.4. The normalized spacial score (nSPS) is 16.7. The van der Waals surface area contributed by atoms with Crippen LogP contribution in [0.1, 0.15) is 28.1 Å². The Labute approximate surface area is 134 Å². The number of nitrogens with one attached hydrogen (secondary N) is 1. The van der Waals surface area contributed by atoms with Crippen molar-refractivity contribution in [3.63, 3.8) is 0 Å². The zero-order valence-electron chi connectivity index (χ0n) is 12.9. The summed E-state index contributed by atoms with van der Waals surface area (Å²) in [5.41, 5.74) is 2.13. The van der Waals surface area contributed by atoms with Crippen LogP contribution < -0.4 is 10.1 Å². The van der Waals surface area contributed by atoms with E-state index in [9.17, 15) is 4.79 Å². The molecule has 0 aliphatic carbocycles. The van der Waals surface area contributed by atoms with Crippen LogP contribution in [0.3, 0.4) is 0 Å². The highest BCUT2D eigenvalue weighted by Crippen LogP contribution is 2.27. The number of fused-ring (bicyclic) bond motifs is 1. The van der Waals surface area contributed by atoms with E-state index in [1.165, 1.54) is 0 Å². The second-order valence-electron chi connectivity index (χ2n) is 5.51. The van der Waals surface area contributed by atoms with Gasteiger partial charge in [-0.2, -0.15) is 0 Å². The summed E-state index contributed by atoms with van der Waals surface area (Å²) in [4.78, 5) is 18.0. The van der Waals surface area contributed by atoms with Crippen molar-refractivity contribution in [2.45, 2.75) is 33.2 Å². The van der Waals surface area contributed by atoms with Crippen molar-refractivity contribution in [1.29, 1.82) is 0 Å². The molecule has 1 aliphatic heterocycles. The highest BCUT2D eigenvalue weighted by atomic mass is 32.1. The Balaban J connectivity index is 1.60. The predicted molar refractivity (Wildman–Crippen MR) is 87.2 cm³/mol. The lowest BCUT2D eigenvalue weighted by molar-refractivity contribution is -0.126. The minimum Gasteiger partial charge on any atom is -0.492 e. The topological polar surface area (TPSA) is 51.2 Å². The minimum atomic E-state index is -0.117. The molecule has 0 spiro atoms. The number of aromatic nitrogens is 1. The Bertz CT molecular complexity index is 681. The number of benzene rings is 1. The average molecular weight is 316 g/mol. The molecule has 1 unspecified atom stereocenters. The third-order valence-electron chi connectivity index (χ3n) is 3.91. The van der Waals surface area contributed by atoms with Gasteiger partial charge >= 0.3 is 0 Å². The van der Waals surface area contributed by atoms with Crippen LogP contribution in [-0.4, -0.2) is 17.5 Å². The Morgan fingerprint density at radius 1 is 1.45 bits per heavy atom. The van der Waals surface area contributed by atoms with Gasteiger partial charge in [-0.3, -0.25) is 4.79 Å². The molecule has 2 heterocycles. The van der Waals surface area contributed by atoms with Crippen LogP contribution in [0.5, 0.6) is 5.75 Å². The number of thiazole rings is 1. The summed E-state index contributed by atoms with van der Waals surface area (Å²) in [6.45, 7) is 5.10. The van der Waals surface area contributed by atoms with Crippen LogP contribution in [-0.2, 0) is 24.2 Å². The van der Waals surface area contributed by atoms with Gasteiger partial charge in [0.25, 0.3) is 0 Å². The van der Waals surface area contributed by atoms with E-state index in [1.807, 2.05) is 31.2 Å². The van der Waals surface area contributed by atoms with Gasteiger partial charge in [-0.15, -0.1) is 11.3 Å². The molecule has 3 rings (SSSR count). The molecule has 0 bridgehead atoms. The molecule has 1 amide bonds. The van der Waals surface area contributed by atoms with Gasteiger partial charge in [0.05, 0.1) is 23.2 Å². The zero-order valence-corrected chi connectivity index (χ0v) is 13.7. The first-order valence-corrected chi connectivity index (χ1v) is 8.42. The molecule has 1 aromatic carbocycles. The highest BCUT2D eigenvalue weighted by molar-refractivity contribution is 7.11. The third-order valence-corrected chi connectivity index (χ3v) is 5.21. The van der Waals surface area contributed by atoms with Gasteiger partial charge in [0, 0.05) is 4.88 Å². The van der Waals surface area contributed by atoms with E-state index in [0.29, 0.717) is 13.2 Å². The first-order chi connectivity index (χ1) is 10.7.